The van der Waals surface area contributed by atoms with Crippen molar-refractivity contribution in [1.29, 1.82) is 0 Å². The summed E-state index contributed by atoms with van der Waals surface area (Å²) in [6.07, 6.45) is 12.5. The van der Waals surface area contributed by atoms with Crippen molar-refractivity contribution >= 4 is 11.0 Å². The zero-order valence-electron chi connectivity index (χ0n) is 21.2. The molecule has 5 nitrogen and oxygen atoms in total. The van der Waals surface area contributed by atoms with Gasteiger partial charge < -0.3 is 9.09 Å². The Balaban J connectivity index is 1.61. The minimum atomic E-state index is 0.162. The average Bonchev–Trinajstić information content (AvgIpc) is 3.45. The minimum absolute atomic E-state index is 0.162. The first kappa shape index (κ1) is 22.7. The highest BCUT2D eigenvalue weighted by molar-refractivity contribution is 5.95. The molecule has 0 bridgehead atoms. The Bertz CT molecular complexity index is 1470. The van der Waals surface area contributed by atoms with Gasteiger partial charge in [-0.25, -0.2) is 0 Å². The number of pyridine rings is 2. The molecule has 1 saturated carbocycles. The smallest absolute Gasteiger partial charge is 0.141 e. The second-order valence-corrected chi connectivity index (χ2v) is 10.2. The van der Waals surface area contributed by atoms with Gasteiger partial charge in [0.2, 0.25) is 0 Å². The molecule has 182 valence electrons. The fourth-order valence-electron chi connectivity index (χ4n) is 5.95. The monoisotopic (exact) mass is 476 g/mol. The molecule has 5 aromatic rings. The lowest BCUT2D eigenvalue weighted by Crippen LogP contribution is -2.23. The molecule has 0 aliphatic heterocycles. The van der Waals surface area contributed by atoms with E-state index < -0.39 is 0 Å². The van der Waals surface area contributed by atoms with E-state index in [1.54, 1.807) is 0 Å². The van der Waals surface area contributed by atoms with Crippen LogP contribution < -0.4 is 0 Å². The molecule has 1 aliphatic rings. The van der Waals surface area contributed by atoms with Crippen LogP contribution in [0.25, 0.3) is 33.3 Å². The molecule has 1 aromatic carbocycles. The Kier molecular flexibility index (Phi) is 5.92. The molecule has 5 heteroatoms. The van der Waals surface area contributed by atoms with Crippen LogP contribution in [-0.4, -0.2) is 19.7 Å². The van der Waals surface area contributed by atoms with Crippen LogP contribution in [-0.2, 0) is 0 Å². The molecule has 0 radical (unpaired) electrons. The van der Waals surface area contributed by atoms with Gasteiger partial charge in [-0.2, -0.15) is 0 Å². The van der Waals surface area contributed by atoms with Crippen LogP contribution in [0.5, 0.6) is 0 Å². The van der Waals surface area contributed by atoms with Crippen molar-refractivity contribution in [3.8, 4) is 22.3 Å². The molecule has 1 atom stereocenters. The molecule has 36 heavy (non-hydrogen) atoms. The van der Waals surface area contributed by atoms with Gasteiger partial charge in [-0.3, -0.25) is 9.97 Å². The molecule has 0 amide bonds. The van der Waals surface area contributed by atoms with Crippen LogP contribution in [0.2, 0.25) is 0 Å². The fraction of sp³-hybridized carbons (Fsp3) is 0.323. The molecule has 1 aliphatic carbocycles. The van der Waals surface area contributed by atoms with Crippen molar-refractivity contribution in [2.75, 3.05) is 0 Å². The lowest BCUT2D eigenvalue weighted by Gasteiger charge is -2.31. The highest BCUT2D eigenvalue weighted by Gasteiger charge is 2.30. The maximum atomic E-state index is 5.50. The number of nitrogens with zero attached hydrogens (tertiary/aromatic N) is 4. The first-order chi connectivity index (χ1) is 17.6. The molecule has 0 saturated heterocycles. The topological polar surface area (TPSA) is 56.7 Å². The van der Waals surface area contributed by atoms with E-state index in [1.165, 1.54) is 43.2 Å². The summed E-state index contributed by atoms with van der Waals surface area (Å²) >= 11 is 0. The molecule has 4 heterocycles. The van der Waals surface area contributed by atoms with Gasteiger partial charge in [0.1, 0.15) is 5.76 Å². The van der Waals surface area contributed by atoms with Crippen molar-refractivity contribution in [2.45, 2.75) is 58.9 Å². The first-order valence-corrected chi connectivity index (χ1v) is 13.0. The van der Waals surface area contributed by atoms with Crippen molar-refractivity contribution in [2.24, 2.45) is 5.92 Å². The second-order valence-electron chi connectivity index (χ2n) is 10.2. The van der Waals surface area contributed by atoms with Crippen LogP contribution in [0.3, 0.4) is 0 Å². The SMILES string of the molecule is Cc1ccc(-c2cn(C(c3ccccn3)C3CCCCC3)c3cc(-c4c(C)noc4C)cnc23)cc1. The van der Waals surface area contributed by atoms with Crippen molar-refractivity contribution < 1.29 is 4.52 Å². The molecule has 4 aromatic heterocycles. The second kappa shape index (κ2) is 9.38. The normalized spacial score (nSPS) is 15.4. The average molecular weight is 477 g/mol. The molecule has 0 spiro atoms. The number of benzene rings is 1. The van der Waals surface area contributed by atoms with Crippen molar-refractivity contribution in [1.82, 2.24) is 19.7 Å². The molecule has 0 N–H and O–H groups in total. The predicted molar refractivity (Wildman–Crippen MR) is 144 cm³/mol. The van der Waals surface area contributed by atoms with E-state index in [1.807, 2.05) is 32.3 Å². The van der Waals surface area contributed by atoms with Gasteiger partial charge in [0.05, 0.1) is 28.5 Å². The minimum Gasteiger partial charge on any atom is -0.361 e. The lowest BCUT2D eigenvalue weighted by molar-refractivity contribution is 0.279. The van der Waals surface area contributed by atoms with Gasteiger partial charge in [0.15, 0.2) is 0 Å². The van der Waals surface area contributed by atoms with Crippen LogP contribution in [0, 0.1) is 26.7 Å². The van der Waals surface area contributed by atoms with Crippen LogP contribution in [0.4, 0.5) is 0 Å². The number of aryl methyl sites for hydroxylation is 3. The van der Waals surface area contributed by atoms with Crippen molar-refractivity contribution in [3.05, 3.63) is 89.8 Å². The summed E-state index contributed by atoms with van der Waals surface area (Å²) in [5.74, 6) is 1.36. The molecular formula is C31H32N4O. The van der Waals surface area contributed by atoms with E-state index in [-0.39, 0.29) is 6.04 Å². The Morgan fingerprint density at radius 1 is 0.917 bits per heavy atom. The number of hydrogen-bond acceptors (Lipinski definition) is 4. The largest absolute Gasteiger partial charge is 0.361 e. The highest BCUT2D eigenvalue weighted by Crippen LogP contribution is 2.42. The Morgan fingerprint density at radius 2 is 1.72 bits per heavy atom. The van der Waals surface area contributed by atoms with E-state index in [9.17, 15) is 0 Å². The van der Waals surface area contributed by atoms with Gasteiger partial charge in [-0.1, -0.05) is 60.3 Å². The zero-order valence-corrected chi connectivity index (χ0v) is 21.2. The number of aromatic nitrogens is 4. The number of rotatable bonds is 5. The highest BCUT2D eigenvalue weighted by atomic mass is 16.5. The predicted octanol–water partition coefficient (Wildman–Crippen LogP) is 7.85. The summed E-state index contributed by atoms with van der Waals surface area (Å²) in [7, 11) is 0. The van der Waals surface area contributed by atoms with E-state index in [4.69, 9.17) is 14.5 Å². The Hall–Kier alpha value is -3.73. The first-order valence-electron chi connectivity index (χ1n) is 13.0. The summed E-state index contributed by atoms with van der Waals surface area (Å²) < 4.78 is 7.95. The molecular weight excluding hydrogens is 444 g/mol. The summed E-state index contributed by atoms with van der Waals surface area (Å²) in [6.45, 7) is 6.09. The van der Waals surface area contributed by atoms with E-state index >= 15 is 0 Å². The fourth-order valence-corrected chi connectivity index (χ4v) is 5.95. The van der Waals surface area contributed by atoms with E-state index in [0.717, 1.165) is 44.9 Å². The summed E-state index contributed by atoms with van der Waals surface area (Å²) in [6, 6.07) is 17.5. The Morgan fingerprint density at radius 3 is 2.42 bits per heavy atom. The standard InChI is InChI=1S/C31H32N4O/c1-20-12-14-23(15-13-20)26-19-35(31(24-9-5-4-6-10-24)27-11-7-8-16-32-27)28-17-25(18-33-30(26)28)29-21(2)34-36-22(29)3/h7-8,11-19,24,31H,4-6,9-10H2,1-3H3. The summed E-state index contributed by atoms with van der Waals surface area (Å²) in [5, 5.41) is 4.19. The number of hydrogen-bond donors (Lipinski definition) is 0. The van der Waals surface area contributed by atoms with Gasteiger partial charge in [-0.15, -0.1) is 0 Å². The maximum Gasteiger partial charge on any atom is 0.141 e. The van der Waals surface area contributed by atoms with Crippen LogP contribution in [0.1, 0.15) is 60.9 Å². The van der Waals surface area contributed by atoms with Crippen LogP contribution in [0.15, 0.2) is 71.6 Å². The van der Waals surface area contributed by atoms with Crippen molar-refractivity contribution in [3.63, 3.8) is 0 Å². The quantitative estimate of drug-likeness (QED) is 0.259. The Labute approximate surface area is 212 Å². The summed E-state index contributed by atoms with van der Waals surface area (Å²) in [4.78, 5) is 9.91. The van der Waals surface area contributed by atoms with Gasteiger partial charge in [0, 0.05) is 35.3 Å². The van der Waals surface area contributed by atoms with E-state index in [0.29, 0.717) is 5.92 Å². The molecule has 6 rings (SSSR count). The van der Waals surface area contributed by atoms with Gasteiger partial charge in [0.25, 0.3) is 0 Å². The zero-order chi connectivity index (χ0) is 24.6. The molecule has 1 unspecified atom stereocenters. The maximum absolute atomic E-state index is 5.50. The third kappa shape index (κ3) is 4.02. The third-order valence-electron chi connectivity index (χ3n) is 7.74. The van der Waals surface area contributed by atoms with E-state index in [2.05, 4.69) is 65.3 Å². The summed E-state index contributed by atoms with van der Waals surface area (Å²) in [5.41, 5.74) is 9.83. The van der Waals surface area contributed by atoms with Gasteiger partial charge >= 0.3 is 0 Å². The molecule has 1 fully saturated rings. The third-order valence-corrected chi connectivity index (χ3v) is 7.74. The van der Waals surface area contributed by atoms with Crippen LogP contribution >= 0.6 is 0 Å². The van der Waals surface area contributed by atoms with Gasteiger partial charge in [-0.05, 0) is 63.3 Å². The lowest BCUT2D eigenvalue weighted by atomic mass is 9.82. The number of fused-ring (bicyclic) bond motifs is 1.